The van der Waals surface area contributed by atoms with Crippen molar-refractivity contribution in [3.05, 3.63) is 119 Å². The third-order valence-electron chi connectivity index (χ3n) is 6.06. The van der Waals surface area contributed by atoms with Crippen LogP contribution in [0.4, 0.5) is 11.4 Å². The van der Waals surface area contributed by atoms with E-state index in [1.807, 2.05) is 91.0 Å². The molecule has 1 heterocycles. The first-order chi connectivity index (χ1) is 19.5. The summed E-state index contributed by atoms with van der Waals surface area (Å²) in [7, 11) is 0. The van der Waals surface area contributed by atoms with Gasteiger partial charge >= 0.3 is 0 Å². The molecule has 6 nitrogen and oxygen atoms in total. The molecule has 0 atom stereocenters. The van der Waals surface area contributed by atoms with Crippen molar-refractivity contribution in [3.63, 3.8) is 0 Å². The van der Waals surface area contributed by atoms with Crippen LogP contribution in [0, 0.1) is 0 Å². The van der Waals surface area contributed by atoms with E-state index in [-0.39, 0.29) is 18.4 Å². The van der Waals surface area contributed by atoms with E-state index in [2.05, 4.69) is 12.2 Å². The number of amides is 2. The number of ether oxygens (including phenoxy) is 2. The number of carbonyl (C=O) groups is 2. The summed E-state index contributed by atoms with van der Waals surface area (Å²) in [5, 5.41) is 2.83. The summed E-state index contributed by atoms with van der Waals surface area (Å²) in [6.45, 7) is 1.98. The minimum atomic E-state index is -0.239. The minimum Gasteiger partial charge on any atom is -0.484 e. The third-order valence-corrected chi connectivity index (χ3v) is 7.36. The van der Waals surface area contributed by atoms with Crippen LogP contribution < -0.4 is 19.7 Å². The van der Waals surface area contributed by atoms with E-state index in [1.54, 1.807) is 18.2 Å². The lowest BCUT2D eigenvalue weighted by Crippen LogP contribution is -2.27. The molecule has 0 saturated carbocycles. The molecule has 0 aromatic heterocycles. The molecule has 1 aliphatic heterocycles. The second-order valence-electron chi connectivity index (χ2n) is 8.88. The van der Waals surface area contributed by atoms with E-state index in [9.17, 15) is 9.59 Å². The lowest BCUT2D eigenvalue weighted by Gasteiger charge is -2.15. The lowest BCUT2D eigenvalue weighted by molar-refractivity contribution is -0.118. The van der Waals surface area contributed by atoms with Crippen molar-refractivity contribution in [1.29, 1.82) is 0 Å². The summed E-state index contributed by atoms with van der Waals surface area (Å²) >= 11 is 6.76. The Morgan fingerprint density at radius 1 is 0.875 bits per heavy atom. The molecule has 1 aliphatic rings. The Kier molecular flexibility index (Phi) is 8.59. The summed E-state index contributed by atoms with van der Waals surface area (Å²) < 4.78 is 11.9. The first-order valence-corrected chi connectivity index (χ1v) is 13.9. The molecule has 0 aliphatic carbocycles. The Labute approximate surface area is 242 Å². The van der Waals surface area contributed by atoms with Gasteiger partial charge in [-0.1, -0.05) is 73.4 Å². The van der Waals surface area contributed by atoms with Crippen LogP contribution in [0.2, 0.25) is 0 Å². The van der Waals surface area contributed by atoms with Crippen molar-refractivity contribution in [2.75, 3.05) is 16.8 Å². The highest BCUT2D eigenvalue weighted by molar-refractivity contribution is 8.27. The molecule has 200 valence electrons. The molecule has 1 N–H and O–H groups in total. The van der Waals surface area contributed by atoms with Gasteiger partial charge in [0.1, 0.15) is 17.2 Å². The first kappa shape index (κ1) is 27.2. The monoisotopic (exact) mass is 566 g/mol. The lowest BCUT2D eigenvalue weighted by atomic mass is 10.1. The van der Waals surface area contributed by atoms with Crippen LogP contribution in [0.15, 0.2) is 108 Å². The van der Waals surface area contributed by atoms with Crippen LogP contribution >= 0.6 is 24.0 Å². The van der Waals surface area contributed by atoms with Gasteiger partial charge in [0, 0.05) is 5.69 Å². The predicted octanol–water partition coefficient (Wildman–Crippen LogP) is 7.46. The molecule has 0 radical (unpaired) electrons. The summed E-state index contributed by atoms with van der Waals surface area (Å²) in [6, 6.07) is 31.7. The van der Waals surface area contributed by atoms with Crippen LogP contribution in [0.1, 0.15) is 18.1 Å². The number of carbonyl (C=O) groups excluding carboxylic acids is 2. The number of para-hydroxylation sites is 1. The number of benzene rings is 4. The zero-order chi connectivity index (χ0) is 27.9. The Hall–Kier alpha value is -4.40. The molecule has 0 unspecified atom stereocenters. The van der Waals surface area contributed by atoms with E-state index in [1.165, 1.54) is 22.2 Å². The molecule has 0 bridgehead atoms. The molecule has 1 fully saturated rings. The van der Waals surface area contributed by atoms with Crippen LogP contribution in [0.3, 0.4) is 0 Å². The number of nitrogens with zero attached hydrogens (tertiary/aromatic N) is 1. The fourth-order valence-corrected chi connectivity index (χ4v) is 5.26. The van der Waals surface area contributed by atoms with Gasteiger partial charge in [-0.25, -0.2) is 0 Å². The van der Waals surface area contributed by atoms with Crippen LogP contribution in [-0.2, 0) is 16.0 Å². The number of nitrogens with one attached hydrogen (secondary N) is 1. The van der Waals surface area contributed by atoms with E-state index in [0.717, 1.165) is 23.4 Å². The van der Waals surface area contributed by atoms with E-state index >= 15 is 0 Å². The fraction of sp³-hybridized carbons (Fsp3) is 0.0938. The largest absolute Gasteiger partial charge is 0.484 e. The van der Waals surface area contributed by atoms with Crippen molar-refractivity contribution < 1.29 is 19.1 Å². The topological polar surface area (TPSA) is 67.9 Å². The Morgan fingerprint density at radius 3 is 2.20 bits per heavy atom. The highest BCUT2D eigenvalue weighted by Crippen LogP contribution is 2.37. The second kappa shape index (κ2) is 12.6. The molecule has 5 rings (SSSR count). The quantitative estimate of drug-likeness (QED) is 0.168. The average Bonchev–Trinajstić information content (AvgIpc) is 3.26. The number of thioether (sulfide) groups is 1. The van der Waals surface area contributed by atoms with Crippen molar-refractivity contribution in [2.45, 2.75) is 13.3 Å². The van der Waals surface area contributed by atoms with Crippen LogP contribution in [-0.4, -0.2) is 22.7 Å². The Morgan fingerprint density at radius 2 is 1.52 bits per heavy atom. The normalized spacial score (nSPS) is 13.9. The SMILES string of the molecule is CCc1ccc(NC(=O)COc2ccc(/C=C3\SC(=S)N(c4ccc(Oc5ccccc5)cc4)C3=O)cc2)cc1. The first-order valence-electron chi connectivity index (χ1n) is 12.7. The standard InChI is InChI=1S/C32H26N2O4S2/c1-2-22-8-12-24(13-9-22)33-30(35)21-37-26-16-10-23(11-17-26)20-29-31(36)34(32(39)40-29)25-14-18-28(19-15-25)38-27-6-4-3-5-7-27/h3-20H,2,21H2,1H3,(H,33,35)/b29-20-. The number of anilines is 2. The second-order valence-corrected chi connectivity index (χ2v) is 10.6. The number of hydrogen-bond acceptors (Lipinski definition) is 6. The molecule has 1 saturated heterocycles. The number of thiocarbonyl (C=S) groups is 1. The van der Waals surface area contributed by atoms with Gasteiger partial charge in [-0.15, -0.1) is 0 Å². The third kappa shape index (κ3) is 6.77. The highest BCUT2D eigenvalue weighted by atomic mass is 32.2. The van der Waals surface area contributed by atoms with Crippen molar-refractivity contribution in [1.82, 2.24) is 0 Å². The minimum absolute atomic E-state index is 0.108. The summed E-state index contributed by atoms with van der Waals surface area (Å²) in [4.78, 5) is 27.5. The van der Waals surface area contributed by atoms with Gasteiger partial charge in [0.2, 0.25) is 0 Å². The fourth-order valence-electron chi connectivity index (χ4n) is 3.96. The van der Waals surface area contributed by atoms with E-state index < -0.39 is 0 Å². The van der Waals surface area contributed by atoms with Gasteiger partial charge in [0.25, 0.3) is 11.8 Å². The van der Waals surface area contributed by atoms with Gasteiger partial charge in [-0.2, -0.15) is 0 Å². The number of aryl methyl sites for hydroxylation is 1. The molecule has 2 amide bonds. The summed E-state index contributed by atoms with van der Waals surface area (Å²) in [5.74, 6) is 1.54. The average molecular weight is 567 g/mol. The summed E-state index contributed by atoms with van der Waals surface area (Å²) in [6.07, 6.45) is 2.74. The van der Waals surface area contributed by atoms with Crippen LogP contribution in [0.25, 0.3) is 6.08 Å². The predicted molar refractivity (Wildman–Crippen MR) is 165 cm³/mol. The molecular formula is C32H26N2O4S2. The molecule has 40 heavy (non-hydrogen) atoms. The molecule has 4 aromatic carbocycles. The van der Waals surface area contributed by atoms with Crippen LogP contribution in [0.5, 0.6) is 17.2 Å². The van der Waals surface area contributed by atoms with Gasteiger partial charge in [-0.3, -0.25) is 14.5 Å². The Bertz CT molecular complexity index is 1540. The number of rotatable bonds is 9. The van der Waals surface area contributed by atoms with Crippen molar-refractivity contribution in [3.8, 4) is 17.2 Å². The zero-order valence-electron chi connectivity index (χ0n) is 21.7. The maximum Gasteiger partial charge on any atom is 0.270 e. The molecular weight excluding hydrogens is 540 g/mol. The Balaban J connectivity index is 1.17. The number of hydrogen-bond donors (Lipinski definition) is 1. The zero-order valence-corrected chi connectivity index (χ0v) is 23.3. The van der Waals surface area contributed by atoms with Gasteiger partial charge in [0.15, 0.2) is 10.9 Å². The smallest absolute Gasteiger partial charge is 0.270 e. The summed E-state index contributed by atoms with van der Waals surface area (Å²) in [5.41, 5.74) is 3.43. The molecule has 0 spiro atoms. The van der Waals surface area contributed by atoms with Crippen molar-refractivity contribution >= 4 is 57.6 Å². The van der Waals surface area contributed by atoms with Gasteiger partial charge in [0.05, 0.1) is 10.6 Å². The molecule has 8 heteroatoms. The maximum atomic E-state index is 13.2. The van der Waals surface area contributed by atoms with Gasteiger partial charge in [-0.05, 0) is 84.3 Å². The molecule has 4 aromatic rings. The maximum absolute atomic E-state index is 13.2. The van der Waals surface area contributed by atoms with E-state index in [0.29, 0.717) is 26.4 Å². The van der Waals surface area contributed by atoms with Gasteiger partial charge < -0.3 is 14.8 Å². The van der Waals surface area contributed by atoms with Crippen molar-refractivity contribution in [2.24, 2.45) is 0 Å². The van der Waals surface area contributed by atoms with E-state index in [4.69, 9.17) is 21.7 Å². The highest BCUT2D eigenvalue weighted by Gasteiger charge is 2.33.